The quantitative estimate of drug-likeness (QED) is 0.864. The normalized spacial score (nSPS) is 24.3. The average molecular weight is 241 g/mol. The molecule has 1 saturated heterocycles. The zero-order valence-corrected chi connectivity index (χ0v) is 9.09. The van der Waals surface area contributed by atoms with Crippen LogP contribution in [0.4, 0.5) is 13.6 Å². The number of alkyl halides is 2. The van der Waals surface area contributed by atoms with E-state index < -0.39 is 24.4 Å². The lowest BCUT2D eigenvalue weighted by molar-refractivity contribution is 0.0734. The van der Waals surface area contributed by atoms with Gasteiger partial charge in [-0.1, -0.05) is 30.3 Å². The maximum atomic E-state index is 12.9. The molecule has 0 radical (unpaired) electrons. The third-order valence-corrected chi connectivity index (χ3v) is 3.19. The number of rotatable bonds is 2. The first-order valence-corrected chi connectivity index (χ1v) is 5.40. The Balaban J connectivity index is 2.23. The highest BCUT2D eigenvalue weighted by atomic mass is 19.3. The van der Waals surface area contributed by atoms with Crippen LogP contribution in [0.25, 0.3) is 0 Å². The van der Waals surface area contributed by atoms with Crippen LogP contribution < -0.4 is 0 Å². The molecule has 17 heavy (non-hydrogen) atoms. The standard InChI is InChI=1S/C12H13F2NO2/c13-11(14)10-7-15(12(16)17)6-9(10)8-4-2-1-3-5-8/h1-5,9-11H,6-7H2,(H,16,17). The molecule has 1 aromatic rings. The molecule has 92 valence electrons. The van der Waals surface area contributed by atoms with Gasteiger partial charge in [-0.3, -0.25) is 0 Å². The lowest BCUT2D eigenvalue weighted by Crippen LogP contribution is -2.27. The summed E-state index contributed by atoms with van der Waals surface area (Å²) in [6, 6.07) is 8.91. The molecule has 1 N–H and O–H groups in total. The van der Waals surface area contributed by atoms with Crippen molar-refractivity contribution in [2.75, 3.05) is 13.1 Å². The minimum atomic E-state index is -2.50. The summed E-state index contributed by atoms with van der Waals surface area (Å²) < 4.78 is 25.8. The fourth-order valence-corrected chi connectivity index (χ4v) is 2.29. The van der Waals surface area contributed by atoms with E-state index in [0.717, 1.165) is 10.5 Å². The van der Waals surface area contributed by atoms with Gasteiger partial charge in [0, 0.05) is 24.9 Å². The second kappa shape index (κ2) is 4.69. The van der Waals surface area contributed by atoms with Crippen LogP contribution in [0.2, 0.25) is 0 Å². The molecule has 1 aromatic carbocycles. The third kappa shape index (κ3) is 2.38. The van der Waals surface area contributed by atoms with Crippen molar-refractivity contribution in [1.82, 2.24) is 4.90 Å². The van der Waals surface area contributed by atoms with Gasteiger partial charge in [0.1, 0.15) is 0 Å². The van der Waals surface area contributed by atoms with Crippen molar-refractivity contribution >= 4 is 6.09 Å². The Morgan fingerprint density at radius 1 is 1.29 bits per heavy atom. The highest BCUT2D eigenvalue weighted by Gasteiger charge is 2.41. The molecule has 0 spiro atoms. The minimum Gasteiger partial charge on any atom is -0.465 e. The topological polar surface area (TPSA) is 40.5 Å². The predicted molar refractivity (Wildman–Crippen MR) is 58.3 cm³/mol. The van der Waals surface area contributed by atoms with E-state index >= 15 is 0 Å². The summed E-state index contributed by atoms with van der Waals surface area (Å²) in [6.07, 6.45) is -3.63. The summed E-state index contributed by atoms with van der Waals surface area (Å²) in [5, 5.41) is 8.86. The van der Waals surface area contributed by atoms with Gasteiger partial charge >= 0.3 is 6.09 Å². The molecule has 1 amide bonds. The maximum absolute atomic E-state index is 12.9. The van der Waals surface area contributed by atoms with Gasteiger partial charge in [0.2, 0.25) is 6.43 Å². The van der Waals surface area contributed by atoms with Gasteiger partial charge in [-0.15, -0.1) is 0 Å². The molecule has 5 heteroatoms. The van der Waals surface area contributed by atoms with Crippen LogP contribution in [0.15, 0.2) is 30.3 Å². The Kier molecular flexibility index (Phi) is 3.26. The smallest absolute Gasteiger partial charge is 0.407 e. The van der Waals surface area contributed by atoms with Gasteiger partial charge < -0.3 is 10.0 Å². The van der Waals surface area contributed by atoms with Crippen LogP contribution in [0.1, 0.15) is 11.5 Å². The van der Waals surface area contributed by atoms with E-state index in [2.05, 4.69) is 0 Å². The minimum absolute atomic E-state index is 0.0907. The van der Waals surface area contributed by atoms with E-state index in [0.29, 0.717) is 0 Å². The number of benzene rings is 1. The van der Waals surface area contributed by atoms with Crippen LogP contribution in [0, 0.1) is 5.92 Å². The van der Waals surface area contributed by atoms with E-state index in [1.54, 1.807) is 24.3 Å². The zero-order valence-electron chi connectivity index (χ0n) is 9.09. The van der Waals surface area contributed by atoms with Crippen LogP contribution in [-0.4, -0.2) is 35.6 Å². The van der Waals surface area contributed by atoms with Gasteiger partial charge in [0.25, 0.3) is 0 Å². The Hall–Kier alpha value is -1.65. The van der Waals surface area contributed by atoms with Crippen LogP contribution >= 0.6 is 0 Å². The maximum Gasteiger partial charge on any atom is 0.407 e. The number of carboxylic acid groups (broad SMARTS) is 1. The average Bonchev–Trinajstić information content (AvgIpc) is 2.75. The molecule has 0 aliphatic carbocycles. The van der Waals surface area contributed by atoms with Gasteiger partial charge in [-0.2, -0.15) is 0 Å². The van der Waals surface area contributed by atoms with E-state index in [-0.39, 0.29) is 13.1 Å². The van der Waals surface area contributed by atoms with Crippen LogP contribution in [0.3, 0.4) is 0 Å². The molecule has 1 aliphatic heterocycles. The molecule has 3 nitrogen and oxygen atoms in total. The van der Waals surface area contributed by atoms with Crippen LogP contribution in [-0.2, 0) is 0 Å². The van der Waals surface area contributed by atoms with Gasteiger partial charge in [-0.05, 0) is 5.56 Å². The fourth-order valence-electron chi connectivity index (χ4n) is 2.29. The summed E-state index contributed by atoms with van der Waals surface area (Å²) >= 11 is 0. The Bertz CT molecular complexity index is 397. The molecule has 0 saturated carbocycles. The van der Waals surface area contributed by atoms with Gasteiger partial charge in [-0.25, -0.2) is 13.6 Å². The van der Waals surface area contributed by atoms with Crippen LogP contribution in [0.5, 0.6) is 0 Å². The molecule has 0 aromatic heterocycles. The second-order valence-corrected chi connectivity index (χ2v) is 4.20. The fraction of sp³-hybridized carbons (Fsp3) is 0.417. The number of halogens is 2. The van der Waals surface area contributed by atoms with E-state index in [1.165, 1.54) is 0 Å². The molecule has 1 aliphatic rings. The van der Waals surface area contributed by atoms with Crippen molar-refractivity contribution in [2.24, 2.45) is 5.92 Å². The predicted octanol–water partition coefficient (Wildman–Crippen LogP) is 2.65. The highest BCUT2D eigenvalue weighted by molar-refractivity contribution is 5.65. The van der Waals surface area contributed by atoms with E-state index in [9.17, 15) is 13.6 Å². The molecule has 1 heterocycles. The molecule has 0 bridgehead atoms. The SMILES string of the molecule is O=C(O)N1CC(c2ccccc2)C(C(F)F)C1. The zero-order chi connectivity index (χ0) is 12.4. The molecular weight excluding hydrogens is 228 g/mol. The number of carbonyl (C=O) groups is 1. The molecule has 2 rings (SSSR count). The molecule has 2 unspecified atom stereocenters. The van der Waals surface area contributed by atoms with E-state index in [4.69, 9.17) is 5.11 Å². The van der Waals surface area contributed by atoms with Gasteiger partial charge in [0.05, 0.1) is 0 Å². The summed E-state index contributed by atoms with van der Waals surface area (Å²) in [7, 11) is 0. The third-order valence-electron chi connectivity index (χ3n) is 3.19. The molecule has 2 atom stereocenters. The van der Waals surface area contributed by atoms with Crippen molar-refractivity contribution in [3.8, 4) is 0 Å². The lowest BCUT2D eigenvalue weighted by atomic mass is 9.89. The molecule has 1 fully saturated rings. The Morgan fingerprint density at radius 2 is 1.94 bits per heavy atom. The lowest BCUT2D eigenvalue weighted by Gasteiger charge is -2.17. The Morgan fingerprint density at radius 3 is 2.47 bits per heavy atom. The largest absolute Gasteiger partial charge is 0.465 e. The Labute approximate surface area is 97.7 Å². The summed E-state index contributed by atoms with van der Waals surface area (Å²) in [5.74, 6) is -1.32. The number of hydrogen-bond donors (Lipinski definition) is 1. The number of hydrogen-bond acceptors (Lipinski definition) is 1. The first-order valence-electron chi connectivity index (χ1n) is 5.40. The second-order valence-electron chi connectivity index (χ2n) is 4.20. The first-order chi connectivity index (χ1) is 8.09. The van der Waals surface area contributed by atoms with Crippen molar-refractivity contribution in [3.05, 3.63) is 35.9 Å². The van der Waals surface area contributed by atoms with Gasteiger partial charge in [0.15, 0.2) is 0 Å². The van der Waals surface area contributed by atoms with Crippen molar-refractivity contribution in [1.29, 1.82) is 0 Å². The monoisotopic (exact) mass is 241 g/mol. The highest BCUT2D eigenvalue weighted by Crippen LogP contribution is 2.36. The summed E-state index contributed by atoms with van der Waals surface area (Å²) in [6.45, 7) is 0.0565. The first kappa shape index (κ1) is 11.8. The summed E-state index contributed by atoms with van der Waals surface area (Å²) in [4.78, 5) is 11.9. The number of amides is 1. The van der Waals surface area contributed by atoms with Crippen molar-refractivity contribution < 1.29 is 18.7 Å². The number of likely N-dealkylation sites (tertiary alicyclic amines) is 1. The summed E-state index contributed by atoms with van der Waals surface area (Å²) in [5.41, 5.74) is 0.779. The van der Waals surface area contributed by atoms with E-state index in [1.807, 2.05) is 6.07 Å². The molecular formula is C12H13F2NO2. The number of nitrogens with zero attached hydrogens (tertiary/aromatic N) is 1. The van der Waals surface area contributed by atoms with Crippen molar-refractivity contribution in [2.45, 2.75) is 12.3 Å². The van der Waals surface area contributed by atoms with Crippen molar-refractivity contribution in [3.63, 3.8) is 0 Å².